The highest BCUT2D eigenvalue weighted by molar-refractivity contribution is 5.33. The van der Waals surface area contributed by atoms with E-state index in [2.05, 4.69) is 5.32 Å². The van der Waals surface area contributed by atoms with Gasteiger partial charge in [0.15, 0.2) is 0 Å². The predicted octanol–water partition coefficient (Wildman–Crippen LogP) is 2.20. The van der Waals surface area contributed by atoms with E-state index in [0.29, 0.717) is 5.75 Å². The van der Waals surface area contributed by atoms with Gasteiger partial charge in [0.2, 0.25) is 0 Å². The number of aliphatic hydroxyl groups excluding tert-OH is 1. The van der Waals surface area contributed by atoms with Crippen LogP contribution in [0.3, 0.4) is 0 Å². The van der Waals surface area contributed by atoms with Gasteiger partial charge in [-0.05, 0) is 39.3 Å². The summed E-state index contributed by atoms with van der Waals surface area (Å²) in [4.78, 5) is 0. The van der Waals surface area contributed by atoms with Gasteiger partial charge in [0, 0.05) is 11.6 Å². The van der Waals surface area contributed by atoms with E-state index in [1.54, 1.807) is 13.0 Å². The average molecular weight is 223 g/mol. The van der Waals surface area contributed by atoms with E-state index < -0.39 is 0 Å². The summed E-state index contributed by atoms with van der Waals surface area (Å²) < 4.78 is 0. The van der Waals surface area contributed by atoms with E-state index in [1.165, 1.54) is 0 Å². The molecule has 0 aliphatic carbocycles. The molecule has 0 saturated carbocycles. The zero-order valence-corrected chi connectivity index (χ0v) is 9.98. The highest BCUT2D eigenvalue weighted by Crippen LogP contribution is 2.22. The summed E-state index contributed by atoms with van der Waals surface area (Å²) in [6.07, 6.45) is 1.51. The molecule has 0 aliphatic rings. The minimum atomic E-state index is -0.234. The monoisotopic (exact) mass is 223 g/mol. The van der Waals surface area contributed by atoms with Crippen molar-refractivity contribution in [1.82, 2.24) is 5.32 Å². The summed E-state index contributed by atoms with van der Waals surface area (Å²) >= 11 is 0. The molecular formula is C13H21NO2. The van der Waals surface area contributed by atoms with Crippen LogP contribution in [0.15, 0.2) is 24.3 Å². The Kier molecular flexibility index (Phi) is 5.29. The fourth-order valence-corrected chi connectivity index (χ4v) is 1.68. The second-order valence-corrected chi connectivity index (χ2v) is 4.23. The first-order chi connectivity index (χ1) is 7.61. The number of phenolic OH excluding ortho intramolecular Hbond substituents is 1. The highest BCUT2D eigenvalue weighted by Gasteiger charge is 2.08. The Bertz CT molecular complexity index is 313. The lowest BCUT2D eigenvalue weighted by molar-refractivity contribution is 0.181. The van der Waals surface area contributed by atoms with Crippen molar-refractivity contribution in [3.8, 4) is 5.75 Å². The summed E-state index contributed by atoms with van der Waals surface area (Å²) in [6.45, 7) is 4.67. The molecule has 2 unspecified atom stereocenters. The number of nitrogens with one attached hydrogen (secondary N) is 1. The molecule has 0 heterocycles. The normalized spacial score (nSPS) is 14.7. The van der Waals surface area contributed by atoms with Crippen LogP contribution in [0, 0.1) is 0 Å². The third-order valence-corrected chi connectivity index (χ3v) is 2.65. The molecule has 0 saturated heterocycles. The van der Waals surface area contributed by atoms with Crippen molar-refractivity contribution in [3.05, 3.63) is 29.8 Å². The Balaban J connectivity index is 2.35. The molecule has 0 radical (unpaired) electrons. The third kappa shape index (κ3) is 4.21. The molecule has 1 aromatic carbocycles. The number of para-hydroxylation sites is 1. The van der Waals surface area contributed by atoms with Crippen molar-refractivity contribution in [3.63, 3.8) is 0 Å². The van der Waals surface area contributed by atoms with Gasteiger partial charge in [-0.25, -0.2) is 0 Å². The molecule has 3 nitrogen and oxygen atoms in total. The Morgan fingerprint density at radius 2 is 1.94 bits per heavy atom. The lowest BCUT2D eigenvalue weighted by Gasteiger charge is -2.15. The molecule has 0 aliphatic heterocycles. The number of aliphatic hydroxyl groups is 1. The molecule has 1 aromatic rings. The molecular weight excluding hydrogens is 202 g/mol. The largest absolute Gasteiger partial charge is 0.508 e. The van der Waals surface area contributed by atoms with E-state index in [9.17, 15) is 5.11 Å². The summed E-state index contributed by atoms with van der Waals surface area (Å²) in [5.74, 6) is 0.332. The van der Waals surface area contributed by atoms with Crippen LogP contribution in [0.5, 0.6) is 5.75 Å². The van der Waals surface area contributed by atoms with Gasteiger partial charge >= 0.3 is 0 Å². The highest BCUT2D eigenvalue weighted by atomic mass is 16.3. The lowest BCUT2D eigenvalue weighted by Crippen LogP contribution is -2.20. The molecule has 1 rings (SSSR count). The van der Waals surface area contributed by atoms with Crippen molar-refractivity contribution in [2.75, 3.05) is 6.54 Å². The zero-order chi connectivity index (χ0) is 12.0. The number of phenols is 1. The van der Waals surface area contributed by atoms with E-state index in [1.807, 2.05) is 25.1 Å². The van der Waals surface area contributed by atoms with Crippen LogP contribution in [-0.4, -0.2) is 22.9 Å². The van der Waals surface area contributed by atoms with Gasteiger partial charge in [0.25, 0.3) is 0 Å². The van der Waals surface area contributed by atoms with Crippen molar-refractivity contribution < 1.29 is 10.2 Å². The Labute approximate surface area is 97.1 Å². The van der Waals surface area contributed by atoms with Gasteiger partial charge in [0.1, 0.15) is 5.75 Å². The predicted molar refractivity (Wildman–Crippen MR) is 65.4 cm³/mol. The van der Waals surface area contributed by atoms with Crippen molar-refractivity contribution in [2.45, 2.75) is 38.8 Å². The van der Waals surface area contributed by atoms with E-state index in [-0.39, 0.29) is 12.1 Å². The van der Waals surface area contributed by atoms with E-state index >= 15 is 0 Å². The second kappa shape index (κ2) is 6.51. The Hall–Kier alpha value is -1.06. The van der Waals surface area contributed by atoms with Crippen LogP contribution in [0.4, 0.5) is 0 Å². The standard InChI is InChI=1S/C13H21NO2/c1-10(15)6-5-9-14-11(2)12-7-3-4-8-13(12)16/h3-4,7-8,10-11,14-16H,5-6,9H2,1-2H3. The van der Waals surface area contributed by atoms with Gasteiger partial charge in [-0.15, -0.1) is 0 Å². The van der Waals surface area contributed by atoms with Gasteiger partial charge in [-0.2, -0.15) is 0 Å². The molecule has 3 heteroatoms. The fourth-order valence-electron chi connectivity index (χ4n) is 1.68. The molecule has 90 valence electrons. The quantitative estimate of drug-likeness (QED) is 0.648. The Morgan fingerprint density at radius 1 is 1.25 bits per heavy atom. The minimum absolute atomic E-state index is 0.134. The summed E-state index contributed by atoms with van der Waals surface area (Å²) in [6, 6.07) is 7.49. The third-order valence-electron chi connectivity index (χ3n) is 2.65. The number of benzene rings is 1. The molecule has 0 aromatic heterocycles. The van der Waals surface area contributed by atoms with Gasteiger partial charge in [-0.1, -0.05) is 18.2 Å². The van der Waals surface area contributed by atoms with Crippen molar-refractivity contribution >= 4 is 0 Å². The maximum Gasteiger partial charge on any atom is 0.120 e. The number of hydrogen-bond acceptors (Lipinski definition) is 3. The molecule has 3 N–H and O–H groups in total. The van der Waals surface area contributed by atoms with Crippen molar-refractivity contribution in [2.24, 2.45) is 0 Å². The average Bonchev–Trinajstić information content (AvgIpc) is 2.24. The number of hydrogen-bond donors (Lipinski definition) is 3. The number of rotatable bonds is 6. The lowest BCUT2D eigenvalue weighted by atomic mass is 10.1. The van der Waals surface area contributed by atoms with Crippen LogP contribution < -0.4 is 5.32 Å². The summed E-state index contributed by atoms with van der Waals surface area (Å²) in [7, 11) is 0. The minimum Gasteiger partial charge on any atom is -0.508 e. The first kappa shape index (κ1) is 13.0. The van der Waals surface area contributed by atoms with Gasteiger partial charge in [0.05, 0.1) is 6.10 Å². The topological polar surface area (TPSA) is 52.5 Å². The molecule has 0 fully saturated rings. The van der Waals surface area contributed by atoms with Crippen LogP contribution in [0.25, 0.3) is 0 Å². The fraction of sp³-hybridized carbons (Fsp3) is 0.538. The molecule has 0 bridgehead atoms. The van der Waals surface area contributed by atoms with Crippen LogP contribution in [-0.2, 0) is 0 Å². The molecule has 0 spiro atoms. The summed E-state index contributed by atoms with van der Waals surface area (Å²) in [5.41, 5.74) is 0.916. The van der Waals surface area contributed by atoms with Gasteiger partial charge in [-0.3, -0.25) is 0 Å². The van der Waals surface area contributed by atoms with E-state index in [0.717, 1.165) is 24.9 Å². The first-order valence-corrected chi connectivity index (χ1v) is 5.80. The SMILES string of the molecule is CC(O)CCCNC(C)c1ccccc1O. The molecule has 16 heavy (non-hydrogen) atoms. The maximum absolute atomic E-state index is 9.65. The van der Waals surface area contributed by atoms with Crippen LogP contribution >= 0.6 is 0 Å². The van der Waals surface area contributed by atoms with Crippen LogP contribution in [0.1, 0.15) is 38.3 Å². The smallest absolute Gasteiger partial charge is 0.120 e. The van der Waals surface area contributed by atoms with Crippen molar-refractivity contribution in [1.29, 1.82) is 0 Å². The maximum atomic E-state index is 9.65. The second-order valence-electron chi connectivity index (χ2n) is 4.23. The van der Waals surface area contributed by atoms with Crippen LogP contribution in [0.2, 0.25) is 0 Å². The van der Waals surface area contributed by atoms with Gasteiger partial charge < -0.3 is 15.5 Å². The first-order valence-electron chi connectivity index (χ1n) is 5.80. The zero-order valence-electron chi connectivity index (χ0n) is 9.98. The van der Waals surface area contributed by atoms with E-state index in [4.69, 9.17) is 5.11 Å². The Morgan fingerprint density at radius 3 is 2.56 bits per heavy atom. The number of aromatic hydroxyl groups is 1. The molecule has 0 amide bonds. The summed E-state index contributed by atoms with van der Waals surface area (Å²) in [5, 5.41) is 22.1. The molecule has 2 atom stereocenters.